The second-order valence-electron chi connectivity index (χ2n) is 8.96. The number of furan rings is 1. The third-order valence-corrected chi connectivity index (χ3v) is 6.67. The van der Waals surface area contributed by atoms with Gasteiger partial charge in [-0.25, -0.2) is 4.79 Å². The van der Waals surface area contributed by atoms with E-state index in [1.165, 1.54) is 6.92 Å². The molecule has 1 heterocycles. The van der Waals surface area contributed by atoms with E-state index in [0.717, 1.165) is 29.9 Å². The molecule has 3 atom stereocenters. The first-order valence-corrected chi connectivity index (χ1v) is 11.3. The molecule has 4 nitrogen and oxygen atoms in total. The summed E-state index contributed by atoms with van der Waals surface area (Å²) in [5.74, 6) is 0.125. The van der Waals surface area contributed by atoms with Crippen LogP contribution >= 0.6 is 0 Å². The Bertz CT molecular complexity index is 1230. The standard InChI is InChI=1S/C27H27F3O4/c1-5-17-8-6-7-9-20(17)22-14-18-10-11-19(15-21(18)33-22)32-23-12-13-24(34-25(31)16(2)3)26(23,4)27(28,29)30/h6-11,14-15,23-24H,2,5,12-13H2,1,3-4H3. The van der Waals surface area contributed by atoms with Crippen molar-refractivity contribution in [3.8, 4) is 17.1 Å². The number of esters is 1. The number of aryl methyl sites for hydroxylation is 1. The smallest absolute Gasteiger partial charge is 0.401 e. The molecule has 0 bridgehead atoms. The van der Waals surface area contributed by atoms with Gasteiger partial charge in [-0.1, -0.05) is 37.8 Å². The van der Waals surface area contributed by atoms with Gasteiger partial charge < -0.3 is 13.9 Å². The van der Waals surface area contributed by atoms with Crippen LogP contribution in [0.15, 0.2) is 65.1 Å². The van der Waals surface area contributed by atoms with Gasteiger partial charge in [0.05, 0.1) is 0 Å². The van der Waals surface area contributed by atoms with Crippen LogP contribution < -0.4 is 4.74 Å². The molecular weight excluding hydrogens is 445 g/mol. The quantitative estimate of drug-likeness (QED) is 0.280. The minimum Gasteiger partial charge on any atom is -0.489 e. The van der Waals surface area contributed by atoms with Crippen LogP contribution in [0.25, 0.3) is 22.3 Å². The third kappa shape index (κ3) is 4.19. The highest BCUT2D eigenvalue weighted by Gasteiger charge is 2.66. The first kappa shape index (κ1) is 23.9. The fraction of sp³-hybridized carbons (Fsp3) is 0.370. The van der Waals surface area contributed by atoms with E-state index in [2.05, 4.69) is 13.5 Å². The number of halogens is 3. The van der Waals surface area contributed by atoms with Crippen LogP contribution in [-0.4, -0.2) is 24.4 Å². The summed E-state index contributed by atoms with van der Waals surface area (Å²) in [7, 11) is 0. The molecule has 7 heteroatoms. The Morgan fingerprint density at radius 2 is 1.85 bits per heavy atom. The predicted molar refractivity (Wildman–Crippen MR) is 124 cm³/mol. The van der Waals surface area contributed by atoms with Gasteiger partial charge in [0.1, 0.15) is 34.7 Å². The molecule has 1 aliphatic carbocycles. The number of carbonyl (C=O) groups excluding carboxylic acids is 1. The van der Waals surface area contributed by atoms with E-state index in [9.17, 15) is 18.0 Å². The molecule has 2 aromatic carbocycles. The van der Waals surface area contributed by atoms with Crippen LogP contribution in [-0.2, 0) is 16.0 Å². The molecule has 0 amide bonds. The third-order valence-electron chi connectivity index (χ3n) is 6.67. The Kier molecular flexibility index (Phi) is 6.23. The Hall–Kier alpha value is -3.22. The number of benzene rings is 2. The molecule has 3 unspecified atom stereocenters. The molecule has 4 rings (SSSR count). The normalized spacial score (nSPS) is 22.6. The molecule has 1 saturated carbocycles. The summed E-state index contributed by atoms with van der Waals surface area (Å²) < 4.78 is 59.7. The molecule has 180 valence electrons. The summed E-state index contributed by atoms with van der Waals surface area (Å²) in [4.78, 5) is 11.9. The van der Waals surface area contributed by atoms with E-state index in [4.69, 9.17) is 13.9 Å². The maximum absolute atomic E-state index is 14.2. The average Bonchev–Trinajstić information content (AvgIpc) is 3.35. The van der Waals surface area contributed by atoms with Crippen molar-refractivity contribution in [1.29, 1.82) is 0 Å². The zero-order chi connectivity index (χ0) is 24.7. The second kappa shape index (κ2) is 8.85. The van der Waals surface area contributed by atoms with Gasteiger partial charge in [-0.3, -0.25) is 0 Å². The maximum Gasteiger partial charge on any atom is 0.401 e. The second-order valence-corrected chi connectivity index (χ2v) is 8.96. The fourth-order valence-corrected chi connectivity index (χ4v) is 4.52. The van der Waals surface area contributed by atoms with Crippen LogP contribution in [0, 0.1) is 5.41 Å². The van der Waals surface area contributed by atoms with Crippen molar-refractivity contribution in [3.63, 3.8) is 0 Å². The number of rotatable bonds is 6. The molecule has 0 aliphatic heterocycles. The SMILES string of the molecule is C=C(C)C(=O)OC1CCC(Oc2ccc3cc(-c4ccccc4CC)oc3c2)C1(C)C(F)(F)F. The van der Waals surface area contributed by atoms with E-state index in [1.54, 1.807) is 18.2 Å². The maximum atomic E-state index is 14.2. The fourth-order valence-electron chi connectivity index (χ4n) is 4.52. The number of hydrogen-bond donors (Lipinski definition) is 0. The Labute approximate surface area is 196 Å². The Balaban J connectivity index is 1.62. The highest BCUT2D eigenvalue weighted by molar-refractivity contribution is 5.87. The molecule has 0 spiro atoms. The zero-order valence-electron chi connectivity index (χ0n) is 19.4. The minimum absolute atomic E-state index is 0.0423. The van der Waals surface area contributed by atoms with Gasteiger partial charge in [-0.2, -0.15) is 13.2 Å². The van der Waals surface area contributed by atoms with Gasteiger partial charge in [0.2, 0.25) is 0 Å². The first-order chi connectivity index (χ1) is 16.0. The zero-order valence-corrected chi connectivity index (χ0v) is 19.4. The van der Waals surface area contributed by atoms with Crippen molar-refractivity contribution in [2.45, 2.75) is 58.4 Å². The lowest BCUT2D eigenvalue weighted by Crippen LogP contribution is -2.51. The van der Waals surface area contributed by atoms with Crippen molar-refractivity contribution in [1.82, 2.24) is 0 Å². The van der Waals surface area contributed by atoms with Gasteiger partial charge in [-0.05, 0) is 56.9 Å². The average molecular weight is 473 g/mol. The van der Waals surface area contributed by atoms with E-state index in [0.29, 0.717) is 11.3 Å². The van der Waals surface area contributed by atoms with E-state index < -0.39 is 29.8 Å². The van der Waals surface area contributed by atoms with Crippen molar-refractivity contribution in [2.75, 3.05) is 0 Å². The van der Waals surface area contributed by atoms with Gasteiger partial charge in [0.15, 0.2) is 0 Å². The Morgan fingerprint density at radius 1 is 1.15 bits per heavy atom. The summed E-state index contributed by atoms with van der Waals surface area (Å²) in [6.07, 6.45) is -6.23. The summed E-state index contributed by atoms with van der Waals surface area (Å²) in [6.45, 7) is 7.98. The van der Waals surface area contributed by atoms with E-state index >= 15 is 0 Å². The summed E-state index contributed by atoms with van der Waals surface area (Å²) in [6, 6.07) is 14.8. The molecule has 34 heavy (non-hydrogen) atoms. The monoisotopic (exact) mass is 472 g/mol. The highest BCUT2D eigenvalue weighted by atomic mass is 19.4. The van der Waals surface area contributed by atoms with Crippen LogP contribution in [0.4, 0.5) is 13.2 Å². The highest BCUT2D eigenvalue weighted by Crippen LogP contribution is 2.53. The summed E-state index contributed by atoms with van der Waals surface area (Å²) in [5, 5.41) is 0.825. The molecule has 0 N–H and O–H groups in total. The lowest BCUT2D eigenvalue weighted by Gasteiger charge is -2.37. The number of ether oxygens (including phenoxy) is 2. The van der Waals surface area contributed by atoms with Crippen LogP contribution in [0.2, 0.25) is 0 Å². The number of fused-ring (bicyclic) bond motifs is 1. The lowest BCUT2D eigenvalue weighted by atomic mass is 9.83. The lowest BCUT2D eigenvalue weighted by molar-refractivity contribution is -0.262. The van der Waals surface area contributed by atoms with Gasteiger partial charge in [-0.15, -0.1) is 0 Å². The van der Waals surface area contributed by atoms with Crippen molar-refractivity contribution in [3.05, 3.63) is 66.2 Å². The topological polar surface area (TPSA) is 48.7 Å². The largest absolute Gasteiger partial charge is 0.489 e. The molecule has 0 saturated heterocycles. The molecule has 1 aromatic heterocycles. The van der Waals surface area contributed by atoms with Crippen LogP contribution in [0.3, 0.4) is 0 Å². The van der Waals surface area contributed by atoms with Gasteiger partial charge >= 0.3 is 12.1 Å². The van der Waals surface area contributed by atoms with E-state index in [-0.39, 0.29) is 24.2 Å². The van der Waals surface area contributed by atoms with Gasteiger partial charge in [0, 0.05) is 22.6 Å². The van der Waals surface area contributed by atoms with Crippen molar-refractivity contribution < 1.29 is 31.9 Å². The summed E-state index contributed by atoms with van der Waals surface area (Å²) in [5.41, 5.74) is 0.334. The summed E-state index contributed by atoms with van der Waals surface area (Å²) >= 11 is 0. The molecular formula is C27H27F3O4. The predicted octanol–water partition coefficient (Wildman–Crippen LogP) is 7.26. The number of carbonyl (C=O) groups is 1. The molecule has 1 fully saturated rings. The molecule has 3 aromatic rings. The number of alkyl halides is 3. The first-order valence-electron chi connectivity index (χ1n) is 11.3. The van der Waals surface area contributed by atoms with Crippen LogP contribution in [0.1, 0.15) is 39.2 Å². The molecule has 1 aliphatic rings. The molecule has 0 radical (unpaired) electrons. The van der Waals surface area contributed by atoms with Crippen molar-refractivity contribution >= 4 is 16.9 Å². The van der Waals surface area contributed by atoms with Crippen LogP contribution in [0.5, 0.6) is 5.75 Å². The Morgan fingerprint density at radius 3 is 2.53 bits per heavy atom. The van der Waals surface area contributed by atoms with Crippen molar-refractivity contribution in [2.24, 2.45) is 5.41 Å². The van der Waals surface area contributed by atoms with Gasteiger partial charge in [0.25, 0.3) is 0 Å². The minimum atomic E-state index is -4.64. The van der Waals surface area contributed by atoms with E-state index in [1.807, 2.05) is 30.3 Å². The number of hydrogen-bond acceptors (Lipinski definition) is 4.